The average molecular weight is 219 g/mol. The number of carboxylic acid groups (broad SMARTS) is 1. The second-order valence-corrected chi connectivity index (χ2v) is 4.45. The third-order valence-corrected chi connectivity index (χ3v) is 3.22. The Labute approximate surface area is 95.5 Å². The molecule has 2 unspecified atom stereocenters. The van der Waals surface area contributed by atoms with Crippen molar-refractivity contribution in [3.8, 4) is 0 Å². The van der Waals surface area contributed by atoms with E-state index in [1.165, 1.54) is 5.56 Å². The van der Waals surface area contributed by atoms with Gasteiger partial charge >= 0.3 is 5.97 Å². The molecule has 1 heterocycles. The van der Waals surface area contributed by atoms with Gasteiger partial charge in [-0.2, -0.15) is 0 Å². The molecule has 0 aromatic heterocycles. The summed E-state index contributed by atoms with van der Waals surface area (Å²) < 4.78 is 0. The van der Waals surface area contributed by atoms with Crippen molar-refractivity contribution in [3.05, 3.63) is 34.9 Å². The Hall–Kier alpha value is -1.35. The van der Waals surface area contributed by atoms with Gasteiger partial charge in [0.1, 0.15) is 6.04 Å². The zero-order valence-corrected chi connectivity index (χ0v) is 9.66. The Balaban J connectivity index is 2.42. The first kappa shape index (κ1) is 11.1. The van der Waals surface area contributed by atoms with Crippen LogP contribution < -0.4 is 5.32 Å². The summed E-state index contributed by atoms with van der Waals surface area (Å²) in [6.45, 7) is 4.07. The maximum atomic E-state index is 11.2. The van der Waals surface area contributed by atoms with Crippen molar-refractivity contribution >= 4 is 5.97 Å². The Kier molecular flexibility index (Phi) is 2.97. The van der Waals surface area contributed by atoms with Gasteiger partial charge in [-0.15, -0.1) is 0 Å². The van der Waals surface area contributed by atoms with Crippen molar-refractivity contribution in [1.29, 1.82) is 0 Å². The smallest absolute Gasteiger partial charge is 0.325 e. The van der Waals surface area contributed by atoms with Crippen LogP contribution in [0.1, 0.15) is 36.1 Å². The summed E-state index contributed by atoms with van der Waals surface area (Å²) in [7, 11) is 0. The highest BCUT2D eigenvalue weighted by atomic mass is 16.4. The van der Waals surface area contributed by atoms with Gasteiger partial charge in [0.15, 0.2) is 0 Å². The third kappa shape index (κ3) is 1.95. The molecule has 1 aromatic rings. The monoisotopic (exact) mass is 219 g/mol. The van der Waals surface area contributed by atoms with Gasteiger partial charge in [-0.05, 0) is 30.9 Å². The molecule has 3 heteroatoms. The van der Waals surface area contributed by atoms with Gasteiger partial charge in [0.25, 0.3) is 0 Å². The van der Waals surface area contributed by atoms with E-state index in [2.05, 4.69) is 24.4 Å². The molecule has 0 bridgehead atoms. The molecule has 0 amide bonds. The minimum absolute atomic E-state index is 0.274. The SMILES string of the molecule is CCC1Cc2ccc(C)cc2C(C(=O)O)N1. The van der Waals surface area contributed by atoms with Gasteiger partial charge in [-0.3, -0.25) is 10.1 Å². The van der Waals surface area contributed by atoms with Gasteiger partial charge in [0, 0.05) is 6.04 Å². The number of rotatable bonds is 2. The zero-order valence-electron chi connectivity index (χ0n) is 9.66. The van der Waals surface area contributed by atoms with E-state index in [0.29, 0.717) is 0 Å². The van der Waals surface area contributed by atoms with Crippen LogP contribution >= 0.6 is 0 Å². The minimum Gasteiger partial charge on any atom is -0.480 e. The predicted molar refractivity (Wildman–Crippen MR) is 62.5 cm³/mol. The van der Waals surface area contributed by atoms with E-state index < -0.39 is 12.0 Å². The highest BCUT2D eigenvalue weighted by Crippen LogP contribution is 2.27. The first-order valence-electron chi connectivity index (χ1n) is 5.70. The quantitative estimate of drug-likeness (QED) is 0.800. The Morgan fingerprint density at radius 3 is 2.94 bits per heavy atom. The summed E-state index contributed by atoms with van der Waals surface area (Å²) in [5.41, 5.74) is 3.21. The number of aliphatic carboxylic acids is 1. The van der Waals surface area contributed by atoms with Crippen molar-refractivity contribution in [1.82, 2.24) is 5.32 Å². The van der Waals surface area contributed by atoms with E-state index in [0.717, 1.165) is 24.0 Å². The lowest BCUT2D eigenvalue weighted by Gasteiger charge is -2.30. The second kappa shape index (κ2) is 4.26. The summed E-state index contributed by atoms with van der Waals surface area (Å²) in [6, 6.07) is 5.82. The molecule has 0 spiro atoms. The van der Waals surface area contributed by atoms with E-state index in [1.807, 2.05) is 13.0 Å². The molecular formula is C13H17NO2. The summed E-state index contributed by atoms with van der Waals surface area (Å²) >= 11 is 0. The average Bonchev–Trinajstić information content (AvgIpc) is 2.27. The molecule has 0 saturated heterocycles. The molecule has 0 aliphatic carbocycles. The van der Waals surface area contributed by atoms with Crippen LogP contribution in [-0.4, -0.2) is 17.1 Å². The van der Waals surface area contributed by atoms with Gasteiger partial charge in [0.2, 0.25) is 0 Å². The molecule has 1 aromatic carbocycles. The van der Waals surface area contributed by atoms with Crippen LogP contribution in [0, 0.1) is 6.92 Å². The van der Waals surface area contributed by atoms with E-state index in [-0.39, 0.29) is 6.04 Å². The second-order valence-electron chi connectivity index (χ2n) is 4.45. The lowest BCUT2D eigenvalue weighted by atomic mass is 9.88. The Bertz CT molecular complexity index is 414. The van der Waals surface area contributed by atoms with E-state index in [1.54, 1.807) is 0 Å². The Morgan fingerprint density at radius 2 is 2.31 bits per heavy atom. The zero-order chi connectivity index (χ0) is 11.7. The molecular weight excluding hydrogens is 202 g/mol. The van der Waals surface area contributed by atoms with Crippen LogP contribution in [0.3, 0.4) is 0 Å². The molecule has 1 aliphatic rings. The molecule has 2 N–H and O–H groups in total. The first-order chi connectivity index (χ1) is 7.61. The molecule has 0 radical (unpaired) electrons. The van der Waals surface area contributed by atoms with E-state index in [9.17, 15) is 9.90 Å². The lowest BCUT2D eigenvalue weighted by molar-refractivity contribution is -0.140. The van der Waals surface area contributed by atoms with Crippen LogP contribution in [0.15, 0.2) is 18.2 Å². The fourth-order valence-electron chi connectivity index (χ4n) is 2.29. The third-order valence-electron chi connectivity index (χ3n) is 3.22. The number of aryl methyl sites for hydroxylation is 1. The molecule has 2 rings (SSSR count). The van der Waals surface area contributed by atoms with Crippen molar-refractivity contribution < 1.29 is 9.90 Å². The highest BCUT2D eigenvalue weighted by Gasteiger charge is 2.29. The van der Waals surface area contributed by atoms with Crippen molar-refractivity contribution in [2.24, 2.45) is 0 Å². The molecule has 0 saturated carbocycles. The number of nitrogens with one attached hydrogen (secondary N) is 1. The molecule has 0 fully saturated rings. The lowest BCUT2D eigenvalue weighted by Crippen LogP contribution is -2.42. The normalized spacial score (nSPS) is 23.9. The fourth-order valence-corrected chi connectivity index (χ4v) is 2.29. The van der Waals surface area contributed by atoms with Gasteiger partial charge in [0.05, 0.1) is 0 Å². The topological polar surface area (TPSA) is 49.3 Å². The molecule has 16 heavy (non-hydrogen) atoms. The maximum absolute atomic E-state index is 11.2. The van der Waals surface area contributed by atoms with Gasteiger partial charge in [-0.1, -0.05) is 30.7 Å². The number of fused-ring (bicyclic) bond motifs is 1. The van der Waals surface area contributed by atoms with Crippen LogP contribution in [0.4, 0.5) is 0 Å². The van der Waals surface area contributed by atoms with E-state index >= 15 is 0 Å². The minimum atomic E-state index is -0.787. The molecule has 3 nitrogen and oxygen atoms in total. The summed E-state index contributed by atoms with van der Waals surface area (Å²) in [4.78, 5) is 11.2. The van der Waals surface area contributed by atoms with Crippen LogP contribution in [-0.2, 0) is 11.2 Å². The van der Waals surface area contributed by atoms with Crippen molar-refractivity contribution in [2.45, 2.75) is 38.8 Å². The molecule has 1 aliphatic heterocycles. The summed E-state index contributed by atoms with van der Waals surface area (Å²) in [6.07, 6.45) is 1.88. The number of hydrogen-bond acceptors (Lipinski definition) is 2. The highest BCUT2D eigenvalue weighted by molar-refractivity contribution is 5.76. The number of carboxylic acids is 1. The molecule has 2 atom stereocenters. The Morgan fingerprint density at radius 1 is 1.56 bits per heavy atom. The van der Waals surface area contributed by atoms with Crippen molar-refractivity contribution in [3.63, 3.8) is 0 Å². The standard InChI is InChI=1S/C13H17NO2/c1-3-10-7-9-5-4-8(2)6-11(9)12(14-10)13(15)16/h4-6,10,12,14H,3,7H2,1-2H3,(H,15,16). The van der Waals surface area contributed by atoms with Gasteiger partial charge < -0.3 is 5.11 Å². The number of carbonyl (C=O) groups is 1. The van der Waals surface area contributed by atoms with Crippen LogP contribution in [0.5, 0.6) is 0 Å². The summed E-state index contributed by atoms with van der Waals surface area (Å²) in [5, 5.41) is 12.4. The molecule has 86 valence electrons. The first-order valence-corrected chi connectivity index (χ1v) is 5.70. The fraction of sp³-hybridized carbons (Fsp3) is 0.462. The summed E-state index contributed by atoms with van der Waals surface area (Å²) in [5.74, 6) is -0.787. The largest absolute Gasteiger partial charge is 0.480 e. The van der Waals surface area contributed by atoms with E-state index in [4.69, 9.17) is 0 Å². The number of benzene rings is 1. The van der Waals surface area contributed by atoms with Crippen LogP contribution in [0.2, 0.25) is 0 Å². The van der Waals surface area contributed by atoms with Crippen molar-refractivity contribution in [2.75, 3.05) is 0 Å². The predicted octanol–water partition coefficient (Wildman–Crippen LogP) is 2.05. The van der Waals surface area contributed by atoms with Gasteiger partial charge in [-0.25, -0.2) is 0 Å². The number of hydrogen-bond donors (Lipinski definition) is 2. The maximum Gasteiger partial charge on any atom is 0.325 e. The van der Waals surface area contributed by atoms with Crippen LogP contribution in [0.25, 0.3) is 0 Å².